The number of sulfone groups is 1. The number of carbonyl (C=O) groups is 1. The minimum atomic E-state index is -3.52. The first kappa shape index (κ1) is 28.5. The second-order valence-corrected chi connectivity index (χ2v) is 11.4. The molecule has 0 aliphatic rings. The van der Waals surface area contributed by atoms with Crippen LogP contribution >= 0.6 is 0 Å². The zero-order chi connectivity index (χ0) is 29.0. The number of anilines is 3. The normalized spacial score (nSPS) is 11.4. The zero-order valence-corrected chi connectivity index (χ0v) is 23.4. The zero-order valence-electron chi connectivity index (χ0n) is 22.6. The van der Waals surface area contributed by atoms with Crippen LogP contribution in [0.1, 0.15) is 5.56 Å². The van der Waals surface area contributed by atoms with Gasteiger partial charge in [-0.2, -0.15) is 4.98 Å². The molecule has 2 aromatic heterocycles. The minimum absolute atomic E-state index is 0.0287. The number of hydrogen-bond acceptors (Lipinski definition) is 9. The van der Waals surface area contributed by atoms with Gasteiger partial charge in [0.15, 0.2) is 15.5 Å². The van der Waals surface area contributed by atoms with E-state index < -0.39 is 9.84 Å². The second kappa shape index (κ2) is 11.7. The summed E-state index contributed by atoms with van der Waals surface area (Å²) in [5, 5.41) is 6.42. The van der Waals surface area contributed by atoms with Crippen molar-refractivity contribution in [3.63, 3.8) is 0 Å². The van der Waals surface area contributed by atoms with Crippen LogP contribution in [0.2, 0.25) is 0 Å². The molecule has 4 aromatic rings. The molecule has 40 heavy (non-hydrogen) atoms. The molecule has 0 unspecified atom stereocenters. The van der Waals surface area contributed by atoms with Gasteiger partial charge in [0.2, 0.25) is 11.9 Å². The Kier molecular flexibility index (Phi) is 8.31. The molecule has 0 spiro atoms. The van der Waals surface area contributed by atoms with Gasteiger partial charge in [-0.3, -0.25) is 14.2 Å². The van der Waals surface area contributed by atoms with Crippen LogP contribution in [0.3, 0.4) is 0 Å². The molecular formula is C28H30N6O5S. The van der Waals surface area contributed by atoms with E-state index >= 15 is 0 Å². The minimum Gasteiger partial charge on any atom is -0.495 e. The summed E-state index contributed by atoms with van der Waals surface area (Å²) >= 11 is 0. The van der Waals surface area contributed by atoms with Crippen molar-refractivity contribution in [2.45, 2.75) is 11.8 Å². The van der Waals surface area contributed by atoms with Gasteiger partial charge in [0.05, 0.1) is 29.1 Å². The lowest BCUT2D eigenvalue weighted by Crippen LogP contribution is -2.22. The highest BCUT2D eigenvalue weighted by Gasteiger charge is 2.18. The lowest BCUT2D eigenvalue weighted by Gasteiger charge is -2.15. The third-order valence-corrected chi connectivity index (χ3v) is 7.80. The molecular weight excluding hydrogens is 532 g/mol. The number of aromatic nitrogens is 3. The monoisotopic (exact) mass is 562 g/mol. The SMILES string of the molecule is C=CC(=O)Nc1cccc(-n2c(=O)cc(C)c3cnc(Nc4ccc(S(=O)(=O)CCN(C)C)cc4OC)nc32)c1. The van der Waals surface area contributed by atoms with Gasteiger partial charge in [-0.1, -0.05) is 12.6 Å². The first-order valence-corrected chi connectivity index (χ1v) is 13.9. The van der Waals surface area contributed by atoms with Gasteiger partial charge >= 0.3 is 0 Å². The topological polar surface area (TPSA) is 136 Å². The van der Waals surface area contributed by atoms with Crippen LogP contribution in [-0.2, 0) is 14.6 Å². The average Bonchev–Trinajstić information content (AvgIpc) is 2.92. The van der Waals surface area contributed by atoms with Crippen molar-refractivity contribution in [3.8, 4) is 11.4 Å². The van der Waals surface area contributed by atoms with Gasteiger partial charge in [0.25, 0.3) is 5.56 Å². The number of amides is 1. The van der Waals surface area contributed by atoms with E-state index in [0.717, 1.165) is 6.08 Å². The summed E-state index contributed by atoms with van der Waals surface area (Å²) in [5.41, 5.74) is 2.16. The van der Waals surface area contributed by atoms with Crippen LogP contribution in [0.5, 0.6) is 5.75 Å². The Balaban J connectivity index is 1.75. The molecule has 0 aliphatic heterocycles. The molecule has 2 heterocycles. The lowest BCUT2D eigenvalue weighted by molar-refractivity contribution is -0.111. The number of methoxy groups -OCH3 is 1. The fraction of sp³-hybridized carbons (Fsp3) is 0.214. The van der Waals surface area contributed by atoms with Gasteiger partial charge < -0.3 is 20.3 Å². The molecule has 11 nitrogen and oxygen atoms in total. The number of nitrogens with one attached hydrogen (secondary N) is 2. The van der Waals surface area contributed by atoms with E-state index in [1.54, 1.807) is 48.4 Å². The standard InChI is InChI=1S/C28H30N6O5S/c1-6-25(35)30-19-8-7-9-20(15-19)34-26(36)14-18(2)22-17-29-28(32-27(22)34)31-23-11-10-21(16-24(23)39-5)40(37,38)13-12-33(3)4/h6-11,14-17H,1,12-13H2,2-5H3,(H,30,35)(H,29,31,32). The summed E-state index contributed by atoms with van der Waals surface area (Å²) in [7, 11) is 1.55. The van der Waals surface area contributed by atoms with Crippen LogP contribution in [0.15, 0.2) is 77.1 Å². The van der Waals surface area contributed by atoms with E-state index in [1.165, 1.54) is 29.9 Å². The van der Waals surface area contributed by atoms with Gasteiger partial charge in [-0.15, -0.1) is 0 Å². The molecule has 0 aliphatic carbocycles. The Morgan fingerprint density at radius 3 is 2.65 bits per heavy atom. The Morgan fingerprint density at radius 1 is 1.18 bits per heavy atom. The van der Waals surface area contributed by atoms with E-state index in [9.17, 15) is 18.0 Å². The lowest BCUT2D eigenvalue weighted by atomic mass is 10.2. The molecule has 12 heteroatoms. The first-order chi connectivity index (χ1) is 19.0. The van der Waals surface area contributed by atoms with Crippen LogP contribution in [-0.4, -0.2) is 67.3 Å². The van der Waals surface area contributed by atoms with Crippen molar-refractivity contribution in [3.05, 3.63) is 83.3 Å². The second-order valence-electron chi connectivity index (χ2n) is 9.28. The summed E-state index contributed by atoms with van der Waals surface area (Å²) in [6.45, 7) is 5.64. The summed E-state index contributed by atoms with van der Waals surface area (Å²) < 4.78 is 32.4. The van der Waals surface area contributed by atoms with Crippen molar-refractivity contribution < 1.29 is 17.9 Å². The van der Waals surface area contributed by atoms with Crippen molar-refractivity contribution in [1.82, 2.24) is 19.4 Å². The van der Waals surface area contributed by atoms with Crippen molar-refractivity contribution in [1.29, 1.82) is 0 Å². The highest BCUT2D eigenvalue weighted by atomic mass is 32.2. The molecule has 1 amide bonds. The van der Waals surface area contributed by atoms with E-state index in [0.29, 0.717) is 46.0 Å². The van der Waals surface area contributed by atoms with Crippen molar-refractivity contribution in [2.24, 2.45) is 0 Å². The van der Waals surface area contributed by atoms with E-state index in [-0.39, 0.29) is 28.1 Å². The quantitative estimate of drug-likeness (QED) is 0.279. The number of nitrogens with zero attached hydrogens (tertiary/aromatic N) is 4. The molecule has 0 fully saturated rings. The number of hydrogen-bond donors (Lipinski definition) is 2. The summed E-state index contributed by atoms with van der Waals surface area (Å²) in [5.74, 6) is 0.0577. The van der Waals surface area contributed by atoms with Gasteiger partial charge in [-0.05, 0) is 63.0 Å². The molecule has 0 atom stereocenters. The van der Waals surface area contributed by atoms with E-state index in [2.05, 4.69) is 27.2 Å². The van der Waals surface area contributed by atoms with Crippen molar-refractivity contribution >= 4 is 44.1 Å². The Bertz CT molecular complexity index is 1770. The number of rotatable bonds is 10. The maximum absolute atomic E-state index is 13.1. The fourth-order valence-corrected chi connectivity index (χ4v) is 5.39. The van der Waals surface area contributed by atoms with Gasteiger partial charge in [-0.25, -0.2) is 13.4 Å². The third-order valence-electron chi connectivity index (χ3n) is 6.11. The molecule has 0 bridgehead atoms. The van der Waals surface area contributed by atoms with Crippen LogP contribution in [0.4, 0.5) is 17.3 Å². The number of aryl methyl sites for hydroxylation is 1. The maximum Gasteiger partial charge on any atom is 0.257 e. The number of ether oxygens (including phenoxy) is 1. The number of fused-ring (bicyclic) bond motifs is 1. The van der Waals surface area contributed by atoms with Crippen LogP contribution in [0, 0.1) is 6.92 Å². The third kappa shape index (κ3) is 6.19. The molecule has 2 aromatic carbocycles. The smallest absolute Gasteiger partial charge is 0.257 e. The first-order valence-electron chi connectivity index (χ1n) is 12.3. The summed E-state index contributed by atoms with van der Waals surface area (Å²) in [4.78, 5) is 35.9. The largest absolute Gasteiger partial charge is 0.495 e. The predicted molar refractivity (Wildman–Crippen MR) is 156 cm³/mol. The van der Waals surface area contributed by atoms with E-state index in [1.807, 2.05) is 14.1 Å². The summed E-state index contributed by atoms with van der Waals surface area (Å²) in [6.07, 6.45) is 2.76. The number of carbonyl (C=O) groups excluding carboxylic acids is 1. The highest BCUT2D eigenvalue weighted by molar-refractivity contribution is 7.91. The molecule has 0 saturated carbocycles. The maximum atomic E-state index is 13.1. The predicted octanol–water partition coefficient (Wildman–Crippen LogP) is 3.30. The number of pyridine rings is 1. The Labute approximate surface area is 232 Å². The highest BCUT2D eigenvalue weighted by Crippen LogP contribution is 2.30. The average molecular weight is 563 g/mol. The molecule has 0 saturated heterocycles. The van der Waals surface area contributed by atoms with Crippen LogP contribution < -0.4 is 20.9 Å². The molecule has 2 N–H and O–H groups in total. The van der Waals surface area contributed by atoms with Gasteiger partial charge in [0, 0.05) is 35.9 Å². The Hall–Kier alpha value is -4.55. The van der Waals surface area contributed by atoms with E-state index in [4.69, 9.17) is 4.74 Å². The fourth-order valence-electron chi connectivity index (χ4n) is 3.99. The van der Waals surface area contributed by atoms with Crippen LogP contribution in [0.25, 0.3) is 16.7 Å². The summed E-state index contributed by atoms with van der Waals surface area (Å²) in [6, 6.07) is 12.8. The number of benzene rings is 2. The molecule has 208 valence electrons. The van der Waals surface area contributed by atoms with Crippen molar-refractivity contribution in [2.75, 3.05) is 44.1 Å². The Morgan fingerprint density at radius 2 is 1.95 bits per heavy atom. The van der Waals surface area contributed by atoms with Gasteiger partial charge in [0.1, 0.15) is 5.75 Å². The molecule has 4 rings (SSSR count). The molecule has 0 radical (unpaired) electrons.